The van der Waals surface area contributed by atoms with E-state index in [0.717, 1.165) is 19.3 Å². The molecule has 0 aromatic carbocycles. The Kier molecular flexibility index (Phi) is 2.27. The average molecular weight is 208 g/mol. The van der Waals surface area contributed by atoms with Crippen LogP contribution < -0.4 is 0 Å². The number of hydrogen-bond acceptors (Lipinski definition) is 3. The summed E-state index contributed by atoms with van der Waals surface area (Å²) in [6.07, 6.45) is 9.86. The number of esters is 1. The molecule has 0 unspecified atom stereocenters. The van der Waals surface area contributed by atoms with Gasteiger partial charge in [-0.05, 0) is 19.8 Å². The minimum atomic E-state index is -0.899. The molecule has 2 fully saturated rings. The fourth-order valence-corrected chi connectivity index (χ4v) is 2.63. The van der Waals surface area contributed by atoms with Crippen LogP contribution in [0.2, 0.25) is 0 Å². The summed E-state index contributed by atoms with van der Waals surface area (Å²) in [5, 5.41) is 0. The minimum absolute atomic E-state index is 0.187. The van der Waals surface area contributed by atoms with Crippen molar-refractivity contribution in [3.8, 4) is 12.3 Å². The molecule has 82 valence electrons. The fourth-order valence-electron chi connectivity index (χ4n) is 2.63. The van der Waals surface area contributed by atoms with Crippen LogP contribution in [0.15, 0.2) is 0 Å². The summed E-state index contributed by atoms with van der Waals surface area (Å²) in [5.74, 6) is 2.25. The van der Waals surface area contributed by atoms with Gasteiger partial charge in [0.25, 0.3) is 0 Å². The maximum absolute atomic E-state index is 11.0. The topological polar surface area (TPSA) is 38.8 Å². The standard InChI is InChI=1S/C12H16O3/c1-4-11(3,14-9(2)13)12-8-6-5-7-10(12)15-12/h1,10H,5-8H2,2-3H3/t10-,11-,12+/m0/s1. The van der Waals surface area contributed by atoms with E-state index < -0.39 is 11.2 Å². The summed E-state index contributed by atoms with van der Waals surface area (Å²) in [6.45, 7) is 3.16. The molecule has 1 aliphatic carbocycles. The van der Waals surface area contributed by atoms with Crippen LogP contribution in [0.1, 0.15) is 39.5 Å². The summed E-state index contributed by atoms with van der Waals surface area (Å²) in [7, 11) is 0. The molecule has 3 heteroatoms. The van der Waals surface area contributed by atoms with Crippen molar-refractivity contribution in [3.63, 3.8) is 0 Å². The smallest absolute Gasteiger partial charge is 0.304 e. The van der Waals surface area contributed by atoms with Crippen LogP contribution >= 0.6 is 0 Å². The lowest BCUT2D eigenvalue weighted by molar-refractivity contribution is -0.156. The third kappa shape index (κ3) is 1.44. The van der Waals surface area contributed by atoms with E-state index in [-0.39, 0.29) is 12.1 Å². The van der Waals surface area contributed by atoms with E-state index in [1.54, 1.807) is 6.92 Å². The zero-order chi connectivity index (χ0) is 11.1. The lowest BCUT2D eigenvalue weighted by atomic mass is 9.77. The van der Waals surface area contributed by atoms with E-state index in [1.807, 2.05) is 0 Å². The van der Waals surface area contributed by atoms with Crippen molar-refractivity contribution < 1.29 is 14.3 Å². The Morgan fingerprint density at radius 3 is 2.93 bits per heavy atom. The Morgan fingerprint density at radius 2 is 2.40 bits per heavy atom. The maximum Gasteiger partial charge on any atom is 0.304 e. The molecule has 0 bridgehead atoms. The Hall–Kier alpha value is -1.01. The fraction of sp³-hybridized carbons (Fsp3) is 0.750. The zero-order valence-electron chi connectivity index (χ0n) is 9.21. The molecule has 2 rings (SSSR count). The third-order valence-corrected chi connectivity index (χ3v) is 3.51. The Balaban J connectivity index is 2.20. The van der Waals surface area contributed by atoms with E-state index in [0.29, 0.717) is 0 Å². The quantitative estimate of drug-likeness (QED) is 0.393. The van der Waals surface area contributed by atoms with Crippen LogP contribution in [0.25, 0.3) is 0 Å². The van der Waals surface area contributed by atoms with E-state index >= 15 is 0 Å². The highest BCUT2D eigenvalue weighted by molar-refractivity contribution is 5.67. The Bertz CT molecular complexity index is 330. The average Bonchev–Trinajstić information content (AvgIpc) is 2.92. The predicted octanol–water partition coefficient (Wildman–Crippen LogP) is 1.65. The van der Waals surface area contributed by atoms with Crippen molar-refractivity contribution in [2.45, 2.75) is 56.8 Å². The van der Waals surface area contributed by atoms with Gasteiger partial charge in [0.15, 0.2) is 5.60 Å². The van der Waals surface area contributed by atoms with Crippen molar-refractivity contribution in [1.82, 2.24) is 0 Å². The van der Waals surface area contributed by atoms with Crippen molar-refractivity contribution >= 4 is 5.97 Å². The van der Waals surface area contributed by atoms with Gasteiger partial charge in [0.2, 0.25) is 0 Å². The second-order valence-corrected chi connectivity index (χ2v) is 4.51. The van der Waals surface area contributed by atoms with Gasteiger partial charge < -0.3 is 9.47 Å². The zero-order valence-corrected chi connectivity index (χ0v) is 9.21. The van der Waals surface area contributed by atoms with Crippen molar-refractivity contribution in [3.05, 3.63) is 0 Å². The first-order valence-electron chi connectivity index (χ1n) is 5.39. The van der Waals surface area contributed by atoms with Gasteiger partial charge in [-0.3, -0.25) is 4.79 Å². The molecule has 1 heterocycles. The molecule has 3 atom stereocenters. The van der Waals surface area contributed by atoms with Crippen molar-refractivity contribution in [2.24, 2.45) is 0 Å². The van der Waals surface area contributed by atoms with Gasteiger partial charge in [-0.1, -0.05) is 18.8 Å². The van der Waals surface area contributed by atoms with Crippen molar-refractivity contribution in [1.29, 1.82) is 0 Å². The number of ether oxygens (including phenoxy) is 2. The van der Waals surface area contributed by atoms with Gasteiger partial charge in [-0.25, -0.2) is 0 Å². The monoisotopic (exact) mass is 208 g/mol. The molecular formula is C12H16O3. The normalized spacial score (nSPS) is 37.0. The predicted molar refractivity (Wildman–Crippen MR) is 55.1 cm³/mol. The number of hydrogen-bond donors (Lipinski definition) is 0. The van der Waals surface area contributed by atoms with E-state index in [9.17, 15) is 4.79 Å². The molecule has 0 amide bonds. The van der Waals surface area contributed by atoms with Gasteiger partial charge in [0, 0.05) is 6.92 Å². The molecule has 0 spiro atoms. The highest BCUT2D eigenvalue weighted by atomic mass is 16.7. The first-order valence-corrected chi connectivity index (χ1v) is 5.39. The minimum Gasteiger partial charge on any atom is -0.443 e. The number of epoxide rings is 1. The van der Waals surface area contributed by atoms with Crippen LogP contribution in [0.5, 0.6) is 0 Å². The first kappa shape index (κ1) is 10.5. The molecule has 1 aliphatic heterocycles. The Labute approximate surface area is 90.1 Å². The summed E-state index contributed by atoms with van der Waals surface area (Å²) < 4.78 is 11.0. The number of rotatable bonds is 2. The van der Waals surface area contributed by atoms with E-state index in [4.69, 9.17) is 15.9 Å². The van der Waals surface area contributed by atoms with E-state index in [1.165, 1.54) is 13.3 Å². The lowest BCUT2D eigenvalue weighted by Crippen LogP contribution is -2.47. The van der Waals surface area contributed by atoms with Gasteiger partial charge >= 0.3 is 5.97 Å². The third-order valence-electron chi connectivity index (χ3n) is 3.51. The summed E-state index contributed by atoms with van der Waals surface area (Å²) >= 11 is 0. The molecule has 0 aromatic rings. The first-order chi connectivity index (χ1) is 7.04. The van der Waals surface area contributed by atoms with Gasteiger partial charge in [-0.15, -0.1) is 6.42 Å². The van der Waals surface area contributed by atoms with Crippen molar-refractivity contribution in [2.75, 3.05) is 0 Å². The molecular weight excluding hydrogens is 192 g/mol. The van der Waals surface area contributed by atoms with Gasteiger partial charge in [-0.2, -0.15) is 0 Å². The molecule has 0 N–H and O–H groups in total. The SMILES string of the molecule is C#C[C@](C)(OC(C)=O)[C@@]12CCCC[C@@H]1O2. The number of carbonyl (C=O) groups is 1. The molecule has 0 radical (unpaired) electrons. The molecule has 1 saturated carbocycles. The molecule has 2 aliphatic rings. The summed E-state index contributed by atoms with van der Waals surface area (Å²) in [5.41, 5.74) is -1.30. The number of carbonyl (C=O) groups excluding carboxylic acids is 1. The second kappa shape index (κ2) is 3.24. The second-order valence-electron chi connectivity index (χ2n) is 4.51. The summed E-state index contributed by atoms with van der Waals surface area (Å²) in [4.78, 5) is 11.0. The maximum atomic E-state index is 11.0. The highest BCUT2D eigenvalue weighted by Gasteiger charge is 2.69. The van der Waals surface area contributed by atoms with Gasteiger partial charge in [0.05, 0.1) is 6.10 Å². The van der Waals surface area contributed by atoms with Crippen LogP contribution in [0.4, 0.5) is 0 Å². The largest absolute Gasteiger partial charge is 0.443 e. The summed E-state index contributed by atoms with van der Waals surface area (Å²) in [6, 6.07) is 0. The Morgan fingerprint density at radius 1 is 1.67 bits per heavy atom. The highest BCUT2D eigenvalue weighted by Crippen LogP contribution is 2.55. The van der Waals surface area contributed by atoms with Crippen LogP contribution in [-0.2, 0) is 14.3 Å². The molecule has 0 aromatic heterocycles. The van der Waals surface area contributed by atoms with Crippen LogP contribution in [0.3, 0.4) is 0 Å². The van der Waals surface area contributed by atoms with Crippen LogP contribution in [-0.4, -0.2) is 23.3 Å². The molecule has 15 heavy (non-hydrogen) atoms. The lowest BCUT2D eigenvalue weighted by Gasteiger charge is -2.32. The number of terminal acetylenes is 1. The molecule has 3 nitrogen and oxygen atoms in total. The number of fused-ring (bicyclic) bond motifs is 1. The molecule has 1 saturated heterocycles. The van der Waals surface area contributed by atoms with E-state index in [2.05, 4.69) is 5.92 Å². The van der Waals surface area contributed by atoms with Crippen LogP contribution in [0, 0.1) is 12.3 Å². The van der Waals surface area contributed by atoms with Gasteiger partial charge in [0.1, 0.15) is 5.60 Å².